The van der Waals surface area contributed by atoms with Gasteiger partial charge in [0.05, 0.1) is 0 Å². The van der Waals surface area contributed by atoms with E-state index in [1.165, 1.54) is 96.7 Å². The topological polar surface area (TPSA) is 0 Å². The van der Waals surface area contributed by atoms with Crippen LogP contribution >= 0.6 is 0 Å². The van der Waals surface area contributed by atoms with Gasteiger partial charge >= 0.3 is 476 Å². The molecule has 2 aliphatic carbocycles. The van der Waals surface area contributed by atoms with E-state index in [0.29, 0.717) is 0 Å². The molecule has 0 bridgehead atoms. The van der Waals surface area contributed by atoms with Crippen LogP contribution in [0.2, 0.25) is 0 Å². The van der Waals surface area contributed by atoms with Crippen molar-refractivity contribution in [1.29, 1.82) is 0 Å². The summed E-state index contributed by atoms with van der Waals surface area (Å²) < 4.78 is 17.3. The number of fused-ring (bicyclic) bond motifs is 10. The van der Waals surface area contributed by atoms with Gasteiger partial charge in [-0.05, 0) is 0 Å². The molecule has 0 N–H and O–H groups in total. The van der Waals surface area contributed by atoms with Crippen LogP contribution in [-0.2, 0) is 5.41 Å². The van der Waals surface area contributed by atoms with Gasteiger partial charge in [-0.3, -0.25) is 0 Å². The second-order valence-electron chi connectivity index (χ2n) is 19.7. The first-order valence-corrected chi connectivity index (χ1v) is 37.7. The molecule has 14 rings (SSSR count). The normalized spacial score (nSPS) is 12.7. The van der Waals surface area contributed by atoms with E-state index in [-0.39, 0.29) is 0 Å². The van der Waals surface area contributed by atoms with Crippen molar-refractivity contribution in [3.63, 3.8) is 0 Å². The van der Waals surface area contributed by atoms with Gasteiger partial charge in [-0.1, -0.05) is 0 Å². The Labute approximate surface area is 471 Å². The molecular formula is C73H52As4. The summed E-state index contributed by atoms with van der Waals surface area (Å²) >= 11 is -8.31. The number of benzene rings is 12. The molecule has 12 aromatic carbocycles. The SMILES string of the molecule is c1ccc([As](c2ccccc2)c2ccc3c(c2)C2(c4cc([As](c5ccccc5)c5ccccc5)ccc4-3)c3cc([As](c4ccccc4)c4ccccc4)ccc3-c3ccc([As](c4ccccc4)c4ccccc4)cc32)cc1. The van der Waals surface area contributed by atoms with Crippen LogP contribution < -0.4 is 52.2 Å². The predicted octanol–water partition coefficient (Wildman–Crippen LogP) is 8.09. The molecule has 0 amide bonds. The third-order valence-electron chi connectivity index (χ3n) is 15.4. The summed E-state index contributed by atoms with van der Waals surface area (Å²) in [5.41, 5.74) is 10.4. The van der Waals surface area contributed by atoms with Crippen molar-refractivity contribution in [3.05, 3.63) is 338 Å². The van der Waals surface area contributed by atoms with E-state index in [9.17, 15) is 0 Å². The Morgan fingerprint density at radius 3 is 0.468 bits per heavy atom. The average molecular weight is 1230 g/mol. The van der Waals surface area contributed by atoms with E-state index in [1.807, 2.05) is 0 Å². The molecule has 4 heteroatoms. The quantitative estimate of drug-likeness (QED) is 0.109. The Balaban J connectivity index is 1.10. The summed E-state index contributed by atoms with van der Waals surface area (Å²) in [6.07, 6.45) is 0. The maximum atomic E-state index is 2.71. The monoisotopic (exact) mass is 1230 g/mol. The van der Waals surface area contributed by atoms with Crippen molar-refractivity contribution in [1.82, 2.24) is 0 Å². The fourth-order valence-electron chi connectivity index (χ4n) is 12.1. The molecule has 0 fully saturated rings. The van der Waals surface area contributed by atoms with E-state index in [1.54, 1.807) is 0 Å². The first kappa shape index (κ1) is 48.3. The van der Waals surface area contributed by atoms with Crippen molar-refractivity contribution in [2.45, 2.75) is 5.41 Å². The van der Waals surface area contributed by atoms with Crippen LogP contribution in [0.4, 0.5) is 0 Å². The van der Waals surface area contributed by atoms with E-state index < -0.39 is 64.0 Å². The molecule has 0 aliphatic heterocycles. The second-order valence-corrected chi connectivity index (χ2v) is 38.3. The third-order valence-corrected chi connectivity index (χ3v) is 35.7. The predicted molar refractivity (Wildman–Crippen MR) is 333 cm³/mol. The van der Waals surface area contributed by atoms with Crippen LogP contribution in [-0.4, -0.2) is 58.6 Å². The van der Waals surface area contributed by atoms with Gasteiger partial charge < -0.3 is 0 Å². The van der Waals surface area contributed by atoms with Crippen LogP contribution in [0, 0.1) is 0 Å². The molecule has 1 spiro atoms. The molecule has 364 valence electrons. The Morgan fingerprint density at radius 1 is 0.156 bits per heavy atom. The second kappa shape index (κ2) is 21.0. The van der Waals surface area contributed by atoms with Gasteiger partial charge in [0, 0.05) is 0 Å². The zero-order chi connectivity index (χ0) is 51.1. The molecule has 0 aromatic heterocycles. The van der Waals surface area contributed by atoms with Crippen molar-refractivity contribution in [2.75, 3.05) is 0 Å². The van der Waals surface area contributed by atoms with Crippen molar-refractivity contribution in [2.24, 2.45) is 0 Å². The molecule has 0 nitrogen and oxygen atoms in total. The van der Waals surface area contributed by atoms with E-state index in [4.69, 9.17) is 0 Å². The molecule has 2 aliphatic rings. The standard InChI is InChI=1S/C73H52As4/c1-9-25-53(26-10-1)74(54-27-11-2-12-28-54)61-41-45-65-66-46-42-62(75(55-29-13-3-14-30-55)56-31-15-4-16-32-56)50-70(66)73(69(65)49-61)71-51-63(76(57-33-17-5-18-34-57)58-35-19-6-20-36-58)43-47-67(71)68-48-44-64(52-72(68)73)77(59-37-21-7-22-38-59)60-39-23-8-24-40-60/h1-52H. The number of hydrogen-bond acceptors (Lipinski definition) is 0. The molecular weight excluding hydrogens is 1180 g/mol. The zero-order valence-corrected chi connectivity index (χ0v) is 49.8. The van der Waals surface area contributed by atoms with E-state index in [2.05, 4.69) is 315 Å². The van der Waals surface area contributed by atoms with Gasteiger partial charge in [0.1, 0.15) is 0 Å². The summed E-state index contributed by atoms with van der Waals surface area (Å²) in [4.78, 5) is 0. The molecule has 77 heavy (non-hydrogen) atoms. The Morgan fingerprint density at radius 2 is 0.312 bits per heavy atom. The number of hydrogen-bond donors (Lipinski definition) is 0. The summed E-state index contributed by atoms with van der Waals surface area (Å²) in [6.45, 7) is 0. The summed E-state index contributed by atoms with van der Waals surface area (Å²) in [7, 11) is 0. The van der Waals surface area contributed by atoms with Crippen LogP contribution in [0.3, 0.4) is 0 Å². The molecule has 12 aromatic rings. The third kappa shape index (κ3) is 8.63. The first-order valence-electron chi connectivity index (χ1n) is 26.4. The Bertz CT molecular complexity index is 3330. The summed E-state index contributed by atoms with van der Waals surface area (Å²) in [5.74, 6) is 0. The van der Waals surface area contributed by atoms with Crippen LogP contribution in [0.5, 0.6) is 0 Å². The first-order chi connectivity index (χ1) is 38.2. The van der Waals surface area contributed by atoms with E-state index >= 15 is 0 Å². The summed E-state index contributed by atoms with van der Waals surface area (Å²) in [5, 5.41) is 0. The molecule has 0 saturated carbocycles. The van der Waals surface area contributed by atoms with Crippen molar-refractivity contribution in [3.8, 4) is 22.3 Å². The average Bonchev–Trinajstić information content (AvgIpc) is 4.18. The maximum absolute atomic E-state index is 2.71. The van der Waals surface area contributed by atoms with Gasteiger partial charge in [0.2, 0.25) is 0 Å². The van der Waals surface area contributed by atoms with Gasteiger partial charge in [0.25, 0.3) is 0 Å². The Kier molecular flexibility index (Phi) is 13.2. The van der Waals surface area contributed by atoms with Crippen molar-refractivity contribution < 1.29 is 0 Å². The van der Waals surface area contributed by atoms with Gasteiger partial charge in [0.15, 0.2) is 0 Å². The molecule has 0 radical (unpaired) electrons. The van der Waals surface area contributed by atoms with Gasteiger partial charge in [-0.25, -0.2) is 0 Å². The van der Waals surface area contributed by atoms with Crippen LogP contribution in [0.25, 0.3) is 22.3 Å². The van der Waals surface area contributed by atoms with Crippen molar-refractivity contribution >= 4 is 111 Å². The summed E-state index contributed by atoms with van der Waals surface area (Å²) in [6, 6.07) is 122. The Hall–Kier alpha value is -7.13. The molecule has 0 saturated heterocycles. The van der Waals surface area contributed by atoms with Gasteiger partial charge in [-0.15, -0.1) is 0 Å². The number of rotatable bonds is 12. The van der Waals surface area contributed by atoms with Crippen LogP contribution in [0.15, 0.2) is 315 Å². The van der Waals surface area contributed by atoms with Crippen LogP contribution in [0.1, 0.15) is 22.3 Å². The zero-order valence-electron chi connectivity index (χ0n) is 42.3. The fraction of sp³-hybridized carbons (Fsp3) is 0.0137. The molecule has 0 heterocycles. The van der Waals surface area contributed by atoms with E-state index in [0.717, 1.165) is 0 Å². The molecule has 0 unspecified atom stereocenters. The fourth-order valence-corrected chi connectivity index (χ4v) is 31.6. The minimum atomic E-state index is -2.08. The molecule has 0 atom stereocenters. The minimum absolute atomic E-state index is 0.616. The van der Waals surface area contributed by atoms with Gasteiger partial charge in [-0.2, -0.15) is 0 Å².